The fraction of sp³-hybridized carbons (Fsp3) is 0.296. The summed E-state index contributed by atoms with van der Waals surface area (Å²) in [4.78, 5) is 44.5. The fourth-order valence-electron chi connectivity index (χ4n) is 4.69. The maximum atomic E-state index is 13.3. The van der Waals surface area contributed by atoms with Crippen molar-refractivity contribution in [3.8, 4) is 0 Å². The van der Waals surface area contributed by atoms with Gasteiger partial charge in [-0.25, -0.2) is 0 Å². The SMILES string of the molecule is C=CCN(CC=C)C(=O)C1CCN(c2cccc3c2C(=O)N(Cc2ccc(Cl)cc2)C3=O)CC1. The largest absolute Gasteiger partial charge is 0.371 e. The summed E-state index contributed by atoms with van der Waals surface area (Å²) in [5, 5.41) is 0.604. The molecular formula is C27H28ClN3O3. The number of anilines is 1. The van der Waals surface area contributed by atoms with Gasteiger partial charge in [0.1, 0.15) is 0 Å². The first kappa shape index (κ1) is 23.8. The van der Waals surface area contributed by atoms with Gasteiger partial charge in [0.05, 0.1) is 23.4 Å². The van der Waals surface area contributed by atoms with Crippen LogP contribution in [0.25, 0.3) is 0 Å². The summed E-state index contributed by atoms with van der Waals surface area (Å²) >= 11 is 5.96. The van der Waals surface area contributed by atoms with Gasteiger partial charge in [-0.05, 0) is 42.7 Å². The Labute approximate surface area is 205 Å². The van der Waals surface area contributed by atoms with Gasteiger partial charge in [0.25, 0.3) is 11.8 Å². The molecule has 1 saturated heterocycles. The third-order valence-electron chi connectivity index (χ3n) is 6.43. The van der Waals surface area contributed by atoms with E-state index in [1.807, 2.05) is 24.3 Å². The minimum atomic E-state index is -0.286. The number of hydrogen-bond acceptors (Lipinski definition) is 4. The van der Waals surface area contributed by atoms with Crippen molar-refractivity contribution in [2.45, 2.75) is 19.4 Å². The molecule has 176 valence electrons. The molecule has 2 aliphatic heterocycles. The van der Waals surface area contributed by atoms with Crippen molar-refractivity contribution in [3.63, 3.8) is 0 Å². The van der Waals surface area contributed by atoms with E-state index in [0.717, 1.165) is 11.3 Å². The number of halogens is 1. The molecule has 2 heterocycles. The maximum Gasteiger partial charge on any atom is 0.263 e. The molecule has 7 heteroatoms. The maximum absolute atomic E-state index is 13.3. The van der Waals surface area contributed by atoms with E-state index in [1.165, 1.54) is 4.90 Å². The molecule has 6 nitrogen and oxygen atoms in total. The third-order valence-corrected chi connectivity index (χ3v) is 6.68. The topological polar surface area (TPSA) is 60.9 Å². The number of nitrogens with zero attached hydrogens (tertiary/aromatic N) is 3. The molecule has 34 heavy (non-hydrogen) atoms. The molecule has 0 unspecified atom stereocenters. The molecule has 0 atom stereocenters. The molecule has 2 aliphatic rings. The first-order chi connectivity index (χ1) is 16.4. The van der Waals surface area contributed by atoms with Gasteiger partial charge < -0.3 is 9.80 Å². The molecule has 0 aliphatic carbocycles. The number of hydrogen-bond donors (Lipinski definition) is 0. The smallest absolute Gasteiger partial charge is 0.263 e. The van der Waals surface area contributed by atoms with E-state index >= 15 is 0 Å². The lowest BCUT2D eigenvalue weighted by atomic mass is 9.94. The number of benzene rings is 2. The molecule has 4 rings (SSSR count). The highest BCUT2D eigenvalue weighted by molar-refractivity contribution is 6.30. The highest BCUT2D eigenvalue weighted by Crippen LogP contribution is 2.35. The Kier molecular flexibility index (Phi) is 7.17. The number of piperidine rings is 1. The number of fused-ring (bicyclic) bond motifs is 1. The van der Waals surface area contributed by atoms with Crippen molar-refractivity contribution in [3.05, 3.63) is 89.5 Å². The highest BCUT2D eigenvalue weighted by Gasteiger charge is 2.39. The van der Waals surface area contributed by atoms with Crippen LogP contribution < -0.4 is 4.90 Å². The average molecular weight is 478 g/mol. The average Bonchev–Trinajstić information content (AvgIpc) is 3.10. The lowest BCUT2D eigenvalue weighted by molar-refractivity contribution is -0.135. The van der Waals surface area contributed by atoms with Gasteiger partial charge in [0.15, 0.2) is 0 Å². The van der Waals surface area contributed by atoms with Crippen LogP contribution in [-0.4, -0.2) is 53.7 Å². The minimum absolute atomic E-state index is 0.0772. The number of amides is 3. The molecule has 0 saturated carbocycles. The van der Waals surface area contributed by atoms with E-state index in [9.17, 15) is 14.4 Å². The lowest BCUT2D eigenvalue weighted by Crippen LogP contribution is -2.43. The molecular weight excluding hydrogens is 450 g/mol. The Morgan fingerprint density at radius 2 is 1.65 bits per heavy atom. The zero-order valence-corrected chi connectivity index (χ0v) is 19.8. The van der Waals surface area contributed by atoms with Crippen LogP contribution in [0.5, 0.6) is 0 Å². The molecule has 3 amide bonds. The predicted molar refractivity (Wildman–Crippen MR) is 134 cm³/mol. The van der Waals surface area contributed by atoms with Crippen molar-refractivity contribution in [2.24, 2.45) is 5.92 Å². The summed E-state index contributed by atoms with van der Waals surface area (Å²) in [5.74, 6) is -0.539. The Morgan fingerprint density at radius 1 is 1.00 bits per heavy atom. The van der Waals surface area contributed by atoms with Crippen molar-refractivity contribution >= 4 is 35.0 Å². The van der Waals surface area contributed by atoms with Crippen molar-refractivity contribution in [1.82, 2.24) is 9.80 Å². The van der Waals surface area contributed by atoms with E-state index < -0.39 is 0 Å². The molecule has 0 spiro atoms. The summed E-state index contributed by atoms with van der Waals surface area (Å²) in [6.45, 7) is 9.95. The lowest BCUT2D eigenvalue weighted by Gasteiger charge is -2.35. The van der Waals surface area contributed by atoms with Gasteiger partial charge >= 0.3 is 0 Å². The minimum Gasteiger partial charge on any atom is -0.371 e. The van der Waals surface area contributed by atoms with Crippen molar-refractivity contribution in [2.75, 3.05) is 31.1 Å². The van der Waals surface area contributed by atoms with E-state index in [2.05, 4.69) is 18.1 Å². The molecule has 0 N–H and O–H groups in total. The van der Waals surface area contributed by atoms with Crippen LogP contribution >= 0.6 is 11.6 Å². The fourth-order valence-corrected chi connectivity index (χ4v) is 4.81. The molecule has 1 fully saturated rings. The second-order valence-electron chi connectivity index (χ2n) is 8.60. The van der Waals surface area contributed by atoms with Crippen LogP contribution in [0.2, 0.25) is 5.02 Å². The predicted octanol–water partition coefficient (Wildman–Crippen LogP) is 4.55. The molecule has 0 aromatic heterocycles. The van der Waals surface area contributed by atoms with Crippen LogP contribution in [0.1, 0.15) is 39.1 Å². The Balaban J connectivity index is 1.49. The number of rotatable bonds is 8. The van der Waals surface area contributed by atoms with Crippen LogP contribution in [0, 0.1) is 5.92 Å². The Bertz CT molecular complexity index is 1110. The zero-order chi connectivity index (χ0) is 24.2. The first-order valence-electron chi connectivity index (χ1n) is 11.4. The monoisotopic (exact) mass is 477 g/mol. The summed E-state index contributed by atoms with van der Waals surface area (Å²) in [5.41, 5.74) is 2.47. The first-order valence-corrected chi connectivity index (χ1v) is 11.8. The van der Waals surface area contributed by atoms with Crippen LogP contribution in [-0.2, 0) is 11.3 Å². The second kappa shape index (κ2) is 10.3. The second-order valence-corrected chi connectivity index (χ2v) is 9.04. The van der Waals surface area contributed by atoms with E-state index in [0.29, 0.717) is 55.2 Å². The zero-order valence-electron chi connectivity index (χ0n) is 19.1. The summed E-state index contributed by atoms with van der Waals surface area (Å²) < 4.78 is 0. The molecule has 2 aromatic rings. The Morgan fingerprint density at radius 3 is 2.26 bits per heavy atom. The molecule has 2 aromatic carbocycles. The van der Waals surface area contributed by atoms with E-state index in [4.69, 9.17) is 11.6 Å². The Hall–Kier alpha value is -3.38. The van der Waals surface area contributed by atoms with Gasteiger partial charge in [0, 0.05) is 37.1 Å². The number of carbonyl (C=O) groups excluding carboxylic acids is 3. The van der Waals surface area contributed by atoms with Crippen molar-refractivity contribution in [1.29, 1.82) is 0 Å². The van der Waals surface area contributed by atoms with Gasteiger partial charge in [-0.1, -0.05) is 42.0 Å². The highest BCUT2D eigenvalue weighted by atomic mass is 35.5. The van der Waals surface area contributed by atoms with Gasteiger partial charge in [-0.3, -0.25) is 19.3 Å². The third kappa shape index (κ3) is 4.64. The quantitative estimate of drug-likeness (QED) is 0.413. The van der Waals surface area contributed by atoms with E-state index in [1.54, 1.807) is 35.3 Å². The van der Waals surface area contributed by atoms with Gasteiger partial charge in [-0.2, -0.15) is 0 Å². The van der Waals surface area contributed by atoms with Crippen LogP contribution in [0.4, 0.5) is 5.69 Å². The summed E-state index contributed by atoms with van der Waals surface area (Å²) in [6, 6.07) is 12.5. The van der Waals surface area contributed by atoms with Gasteiger partial charge in [0.2, 0.25) is 5.91 Å². The van der Waals surface area contributed by atoms with Crippen molar-refractivity contribution < 1.29 is 14.4 Å². The summed E-state index contributed by atoms with van der Waals surface area (Å²) in [6.07, 6.45) is 4.82. The standard InChI is InChI=1S/C27H28ClN3O3/c1-3-14-30(15-4-2)25(32)20-12-16-29(17-13-20)23-7-5-6-22-24(23)27(34)31(26(22)33)18-19-8-10-21(28)11-9-19/h3-11,20H,1-2,12-18H2. The van der Waals surface area contributed by atoms with Crippen LogP contribution in [0.15, 0.2) is 67.8 Å². The number of imide groups is 1. The molecule has 0 radical (unpaired) electrons. The summed E-state index contributed by atoms with van der Waals surface area (Å²) in [7, 11) is 0. The number of carbonyl (C=O) groups is 3. The van der Waals surface area contributed by atoms with Gasteiger partial charge in [-0.15, -0.1) is 13.2 Å². The molecule has 0 bridgehead atoms. The normalized spacial score (nSPS) is 15.9. The van der Waals surface area contributed by atoms with Crippen LogP contribution in [0.3, 0.4) is 0 Å². The van der Waals surface area contributed by atoms with E-state index in [-0.39, 0.29) is 30.2 Å².